The highest BCUT2D eigenvalue weighted by molar-refractivity contribution is 5.15. The van der Waals surface area contributed by atoms with Crippen LogP contribution in [0.15, 0.2) is 24.3 Å². The van der Waals surface area contributed by atoms with Gasteiger partial charge in [0, 0.05) is 0 Å². The monoisotopic (exact) mass is 326 g/mol. The molecule has 2 nitrogen and oxygen atoms in total. The van der Waals surface area contributed by atoms with Crippen molar-refractivity contribution in [3.8, 4) is 0 Å². The van der Waals surface area contributed by atoms with Crippen LogP contribution < -0.4 is 0 Å². The lowest BCUT2D eigenvalue weighted by Crippen LogP contribution is -2.33. The zero-order valence-electron chi connectivity index (χ0n) is 14.6. The molecule has 0 aromatic heterocycles. The van der Waals surface area contributed by atoms with Crippen LogP contribution in [0.1, 0.15) is 38.5 Å². The number of hydrogen-bond acceptors (Lipinski definition) is 2. The highest BCUT2D eigenvalue weighted by atomic mass is 16.5. The summed E-state index contributed by atoms with van der Waals surface area (Å²) in [4.78, 5) is 0. The predicted octanol–water partition coefficient (Wildman–Crippen LogP) is 4.22. The van der Waals surface area contributed by atoms with Crippen LogP contribution >= 0.6 is 0 Å². The molecule has 6 aliphatic rings. The van der Waals surface area contributed by atoms with Crippen LogP contribution in [0, 0.1) is 47.3 Å². The van der Waals surface area contributed by atoms with E-state index in [1.807, 2.05) is 0 Å². The molecule has 0 spiro atoms. The molecule has 4 bridgehead atoms. The topological polar surface area (TPSA) is 18.5 Å². The average Bonchev–Trinajstić information content (AvgIpc) is 3.40. The van der Waals surface area contributed by atoms with Gasteiger partial charge in [-0.1, -0.05) is 24.3 Å². The molecule has 0 unspecified atom stereocenters. The normalized spacial score (nSPS) is 55.7. The lowest BCUT2D eigenvalue weighted by atomic mass is 9.80. The van der Waals surface area contributed by atoms with Gasteiger partial charge in [0.05, 0.1) is 25.4 Å². The lowest BCUT2D eigenvalue weighted by molar-refractivity contribution is -0.0642. The van der Waals surface area contributed by atoms with Crippen LogP contribution in [-0.2, 0) is 9.47 Å². The Morgan fingerprint density at radius 1 is 0.625 bits per heavy atom. The Balaban J connectivity index is 0.986. The van der Waals surface area contributed by atoms with Crippen LogP contribution in [0.2, 0.25) is 0 Å². The summed E-state index contributed by atoms with van der Waals surface area (Å²) < 4.78 is 12.6. The van der Waals surface area contributed by atoms with Crippen molar-refractivity contribution in [2.75, 3.05) is 13.2 Å². The Labute approximate surface area is 145 Å². The molecule has 0 heterocycles. The first-order valence-electron chi connectivity index (χ1n) is 10.4. The molecule has 10 atom stereocenters. The van der Waals surface area contributed by atoms with E-state index in [1.165, 1.54) is 38.5 Å². The molecule has 4 saturated carbocycles. The Kier molecular flexibility index (Phi) is 3.30. The van der Waals surface area contributed by atoms with Crippen molar-refractivity contribution in [3.05, 3.63) is 24.3 Å². The van der Waals surface area contributed by atoms with Crippen molar-refractivity contribution >= 4 is 0 Å². The van der Waals surface area contributed by atoms with Gasteiger partial charge in [-0.25, -0.2) is 0 Å². The molecular formula is C22H30O2. The van der Waals surface area contributed by atoms with E-state index < -0.39 is 0 Å². The minimum absolute atomic E-state index is 0.518. The molecule has 0 amide bonds. The van der Waals surface area contributed by atoms with E-state index in [4.69, 9.17) is 9.47 Å². The molecule has 0 N–H and O–H groups in total. The molecule has 0 aliphatic heterocycles. The van der Waals surface area contributed by atoms with Crippen LogP contribution in [0.25, 0.3) is 0 Å². The fourth-order valence-corrected chi connectivity index (χ4v) is 7.75. The van der Waals surface area contributed by atoms with Crippen LogP contribution in [-0.4, -0.2) is 25.4 Å². The van der Waals surface area contributed by atoms with Crippen molar-refractivity contribution in [3.63, 3.8) is 0 Å². The van der Waals surface area contributed by atoms with E-state index in [0.717, 1.165) is 60.6 Å². The van der Waals surface area contributed by atoms with Gasteiger partial charge in [0.2, 0.25) is 0 Å². The fraction of sp³-hybridized carbons (Fsp3) is 0.818. The maximum atomic E-state index is 6.30. The zero-order chi connectivity index (χ0) is 15.7. The highest BCUT2D eigenvalue weighted by Gasteiger charge is 2.54. The van der Waals surface area contributed by atoms with Gasteiger partial charge in [-0.05, 0) is 85.9 Å². The summed E-state index contributed by atoms with van der Waals surface area (Å²) in [5.74, 6) is 7.11. The second-order valence-corrected chi connectivity index (χ2v) is 9.42. The number of allylic oxidation sites excluding steroid dienone is 4. The Hall–Kier alpha value is -0.600. The summed E-state index contributed by atoms with van der Waals surface area (Å²) in [6, 6.07) is 0. The number of hydrogen-bond donors (Lipinski definition) is 0. The molecule has 6 rings (SSSR count). The Morgan fingerprint density at radius 2 is 1.12 bits per heavy atom. The van der Waals surface area contributed by atoms with Gasteiger partial charge in [-0.15, -0.1) is 0 Å². The third-order valence-corrected chi connectivity index (χ3v) is 8.64. The van der Waals surface area contributed by atoms with Crippen molar-refractivity contribution in [2.24, 2.45) is 47.3 Å². The molecule has 0 aromatic carbocycles. The summed E-state index contributed by atoms with van der Waals surface area (Å²) in [5.41, 5.74) is 0. The highest BCUT2D eigenvalue weighted by Crippen LogP contribution is 2.58. The van der Waals surface area contributed by atoms with Crippen molar-refractivity contribution in [1.82, 2.24) is 0 Å². The quantitative estimate of drug-likeness (QED) is 0.556. The Bertz CT molecular complexity index is 516. The molecule has 24 heavy (non-hydrogen) atoms. The number of rotatable bonds is 5. The molecule has 2 heteroatoms. The summed E-state index contributed by atoms with van der Waals surface area (Å²) >= 11 is 0. The standard InChI is InChI=1S/C22H30O2/c1-3-15-13-9-19(17(15)5-1)21(11-13)23-7-8-24-22-12-14-10-20(22)18-6-2-4-16(14)18/h1-2,5-6,13-22H,3-4,7-12H2/t13-,14-,15-,16-,17-,18-,19+,20+,21-,22+/m1/s1. The SMILES string of the molecule is C1=C[C@@H]2[C@H](C1)[C@@H]1C[C@@H]2[C@@H](OCCO[C@@H]2C[C@H]3C[C@H]2[C@@H]2C=CC[C@H]32)C1. The van der Waals surface area contributed by atoms with E-state index in [2.05, 4.69) is 24.3 Å². The minimum atomic E-state index is 0.518. The van der Waals surface area contributed by atoms with Crippen molar-refractivity contribution < 1.29 is 9.47 Å². The van der Waals surface area contributed by atoms with Gasteiger partial charge in [-0.3, -0.25) is 0 Å². The summed E-state index contributed by atoms with van der Waals surface area (Å²) in [6.45, 7) is 1.62. The molecule has 0 saturated heterocycles. The molecular weight excluding hydrogens is 296 g/mol. The van der Waals surface area contributed by atoms with Crippen LogP contribution in [0.5, 0.6) is 0 Å². The van der Waals surface area contributed by atoms with E-state index in [1.54, 1.807) is 0 Å². The van der Waals surface area contributed by atoms with Crippen molar-refractivity contribution in [1.29, 1.82) is 0 Å². The molecule has 4 fully saturated rings. The summed E-state index contributed by atoms with van der Waals surface area (Å²) in [7, 11) is 0. The van der Waals surface area contributed by atoms with E-state index >= 15 is 0 Å². The summed E-state index contributed by atoms with van der Waals surface area (Å²) in [6.07, 6.45) is 19.0. The number of fused-ring (bicyclic) bond motifs is 10. The minimum Gasteiger partial charge on any atom is -0.376 e. The second-order valence-electron chi connectivity index (χ2n) is 9.42. The maximum Gasteiger partial charge on any atom is 0.0704 e. The van der Waals surface area contributed by atoms with Crippen LogP contribution in [0.4, 0.5) is 0 Å². The van der Waals surface area contributed by atoms with Gasteiger partial charge in [-0.2, -0.15) is 0 Å². The Morgan fingerprint density at radius 3 is 1.62 bits per heavy atom. The van der Waals surface area contributed by atoms with E-state index in [9.17, 15) is 0 Å². The van der Waals surface area contributed by atoms with Gasteiger partial charge in [0.1, 0.15) is 0 Å². The third kappa shape index (κ3) is 2.02. The van der Waals surface area contributed by atoms with Gasteiger partial charge in [0.15, 0.2) is 0 Å². The largest absolute Gasteiger partial charge is 0.376 e. The van der Waals surface area contributed by atoms with Crippen molar-refractivity contribution in [2.45, 2.75) is 50.7 Å². The molecule has 0 radical (unpaired) electrons. The summed E-state index contributed by atoms with van der Waals surface area (Å²) in [5, 5.41) is 0. The molecule has 0 aromatic rings. The van der Waals surface area contributed by atoms with E-state index in [0.29, 0.717) is 12.2 Å². The zero-order valence-corrected chi connectivity index (χ0v) is 14.6. The van der Waals surface area contributed by atoms with Gasteiger partial charge >= 0.3 is 0 Å². The lowest BCUT2D eigenvalue weighted by Gasteiger charge is -2.32. The first kappa shape index (κ1) is 14.6. The first-order chi connectivity index (χ1) is 11.9. The predicted molar refractivity (Wildman–Crippen MR) is 93.4 cm³/mol. The third-order valence-electron chi connectivity index (χ3n) is 8.64. The second kappa shape index (κ2) is 5.45. The first-order valence-corrected chi connectivity index (χ1v) is 10.4. The van der Waals surface area contributed by atoms with Gasteiger partial charge in [0.25, 0.3) is 0 Å². The maximum absolute atomic E-state index is 6.30. The molecule has 6 aliphatic carbocycles. The van der Waals surface area contributed by atoms with Gasteiger partial charge < -0.3 is 9.47 Å². The molecule has 130 valence electrons. The van der Waals surface area contributed by atoms with E-state index in [-0.39, 0.29) is 0 Å². The fourth-order valence-electron chi connectivity index (χ4n) is 7.75. The van der Waals surface area contributed by atoms with Crippen LogP contribution in [0.3, 0.4) is 0 Å². The average molecular weight is 326 g/mol. The smallest absolute Gasteiger partial charge is 0.0704 e. The number of ether oxygens (including phenoxy) is 2.